The molecular formula is C16H39N3O2. The van der Waals surface area contributed by atoms with E-state index in [0.29, 0.717) is 12.3 Å². The summed E-state index contributed by atoms with van der Waals surface area (Å²) in [7, 11) is 0. The third-order valence-corrected chi connectivity index (χ3v) is 2.62. The second kappa shape index (κ2) is 16.7. The molecule has 0 heterocycles. The molecule has 0 aliphatic carbocycles. The molecule has 0 bridgehead atoms. The molecule has 0 spiro atoms. The number of carbonyl (C=O) groups is 2. The lowest BCUT2D eigenvalue weighted by molar-refractivity contribution is -0.126. The predicted molar refractivity (Wildman–Crippen MR) is 94.9 cm³/mol. The first-order valence-electron chi connectivity index (χ1n) is 7.68. The van der Waals surface area contributed by atoms with E-state index in [0.717, 1.165) is 0 Å². The van der Waals surface area contributed by atoms with Crippen molar-refractivity contribution in [3.63, 3.8) is 0 Å². The van der Waals surface area contributed by atoms with Crippen LogP contribution in [0.5, 0.6) is 0 Å². The molecular weight excluding hydrogens is 266 g/mol. The first kappa shape index (κ1) is 24.6. The van der Waals surface area contributed by atoms with Gasteiger partial charge in [0.15, 0.2) is 0 Å². The van der Waals surface area contributed by atoms with Gasteiger partial charge >= 0.3 is 0 Å². The molecule has 0 aromatic heterocycles. The van der Waals surface area contributed by atoms with Crippen LogP contribution in [-0.4, -0.2) is 24.4 Å². The van der Waals surface area contributed by atoms with E-state index in [2.05, 4.69) is 32.2 Å². The number of allylic oxidation sites excluding steroid dienone is 2. The van der Waals surface area contributed by atoms with E-state index in [1.165, 1.54) is 12.0 Å². The maximum absolute atomic E-state index is 10.9. The van der Waals surface area contributed by atoms with E-state index in [1.54, 1.807) is 0 Å². The molecule has 0 rings (SSSR count). The van der Waals surface area contributed by atoms with Gasteiger partial charge in [0.2, 0.25) is 11.8 Å². The number of hydrogen-bond donors (Lipinski definition) is 3. The Hall–Kier alpha value is -1.36. The minimum Gasteiger partial charge on any atom is -0.368 e. The average molecular weight is 306 g/mol. The molecule has 0 unspecified atom stereocenters. The van der Waals surface area contributed by atoms with Crippen LogP contribution in [0.3, 0.4) is 0 Å². The Kier molecular flexibility index (Phi) is 19.6. The van der Waals surface area contributed by atoms with Gasteiger partial charge < -0.3 is 16.8 Å². The van der Waals surface area contributed by atoms with E-state index >= 15 is 0 Å². The molecule has 0 saturated carbocycles. The van der Waals surface area contributed by atoms with Crippen molar-refractivity contribution in [3.05, 3.63) is 11.6 Å². The topological polar surface area (TPSA) is 98.2 Å². The summed E-state index contributed by atoms with van der Waals surface area (Å²) >= 11 is 0. The van der Waals surface area contributed by atoms with E-state index in [-0.39, 0.29) is 15.3 Å². The Morgan fingerprint density at radius 3 is 1.95 bits per heavy atom. The van der Waals surface area contributed by atoms with Crippen LogP contribution in [0.1, 0.15) is 64.2 Å². The lowest BCUT2D eigenvalue weighted by Gasteiger charge is -2.16. The van der Waals surface area contributed by atoms with E-state index in [1.807, 2.05) is 27.7 Å². The summed E-state index contributed by atoms with van der Waals surface area (Å²) in [6.45, 7) is 14.1. The number of nitrogens with one attached hydrogen (secondary N) is 1. The molecule has 2 amide bonds. The van der Waals surface area contributed by atoms with Crippen LogP contribution < -0.4 is 16.8 Å². The summed E-state index contributed by atoms with van der Waals surface area (Å²) in [5.74, 6) is -0.574. The second-order valence-corrected chi connectivity index (χ2v) is 4.84. The highest BCUT2D eigenvalue weighted by atomic mass is 16.2. The third-order valence-electron chi connectivity index (χ3n) is 2.62. The van der Waals surface area contributed by atoms with Gasteiger partial charge in [-0.05, 0) is 32.6 Å². The van der Waals surface area contributed by atoms with Gasteiger partial charge in [0.05, 0.1) is 6.54 Å². The monoisotopic (exact) mass is 305 g/mol. The van der Waals surface area contributed by atoms with Crippen LogP contribution in [0.25, 0.3) is 0 Å². The molecule has 0 radical (unpaired) electrons. The molecule has 0 aromatic carbocycles. The highest BCUT2D eigenvalue weighted by Crippen LogP contribution is 2.03. The highest BCUT2D eigenvalue weighted by molar-refractivity contribution is 5.87. The van der Waals surface area contributed by atoms with Gasteiger partial charge in [-0.25, -0.2) is 0 Å². The largest absolute Gasteiger partial charge is 0.368 e. The smallest absolute Gasteiger partial charge is 0.240 e. The second-order valence-electron chi connectivity index (χ2n) is 4.84. The minimum absolute atomic E-state index is 0. The SMILES string of the molecule is C/C=C(\C)CC.CC.CC(C)C[C@H](NC(=O)CN)C(N)=O.[HH].[HH]. The maximum atomic E-state index is 10.9. The van der Waals surface area contributed by atoms with Gasteiger partial charge in [-0.3, -0.25) is 9.59 Å². The number of rotatable bonds is 6. The molecule has 1 atom stereocenters. The van der Waals surface area contributed by atoms with E-state index < -0.39 is 11.9 Å². The van der Waals surface area contributed by atoms with Crippen molar-refractivity contribution in [1.29, 1.82) is 0 Å². The van der Waals surface area contributed by atoms with Crippen LogP contribution >= 0.6 is 0 Å². The van der Waals surface area contributed by atoms with Crippen LogP contribution in [0.15, 0.2) is 11.6 Å². The van der Waals surface area contributed by atoms with Gasteiger partial charge in [-0.1, -0.05) is 46.3 Å². The van der Waals surface area contributed by atoms with Gasteiger partial charge in [-0.2, -0.15) is 0 Å². The number of nitrogens with two attached hydrogens (primary N) is 2. The standard InChI is InChI=1S/C8H17N3O2.C6H12.C2H6.2H2/c1-5(2)3-6(8(10)13)11-7(12)4-9;1-4-6(3)5-2;1-2;;/h5-6H,3-4,9H2,1-2H3,(H2,10,13)(H,11,12);4H,5H2,1-3H3;1-2H3;2*1H/b;6-4+;;;/t6-;;;;/m0..../s1. The molecule has 5 nitrogen and oxygen atoms in total. The number of primary amides is 1. The Labute approximate surface area is 133 Å². The Morgan fingerprint density at radius 1 is 1.29 bits per heavy atom. The fraction of sp³-hybridized carbons (Fsp3) is 0.750. The Bertz CT molecular complexity index is 310. The first-order chi connectivity index (χ1) is 9.78. The zero-order valence-corrected chi connectivity index (χ0v) is 14.8. The molecule has 0 aromatic rings. The van der Waals surface area contributed by atoms with E-state index in [9.17, 15) is 9.59 Å². The molecule has 0 aliphatic rings. The maximum Gasteiger partial charge on any atom is 0.240 e. The fourth-order valence-electron chi connectivity index (χ4n) is 1.17. The quantitative estimate of drug-likeness (QED) is 0.658. The van der Waals surface area contributed by atoms with Gasteiger partial charge in [0.25, 0.3) is 0 Å². The third kappa shape index (κ3) is 18.6. The summed E-state index contributed by atoms with van der Waals surface area (Å²) in [4.78, 5) is 21.7. The van der Waals surface area contributed by atoms with Crippen molar-refractivity contribution < 1.29 is 12.4 Å². The summed E-state index contributed by atoms with van der Waals surface area (Å²) in [5, 5.41) is 2.46. The van der Waals surface area contributed by atoms with Crippen molar-refractivity contribution in [2.75, 3.05) is 6.54 Å². The Morgan fingerprint density at radius 2 is 1.76 bits per heavy atom. The fourth-order valence-corrected chi connectivity index (χ4v) is 1.17. The van der Waals surface area contributed by atoms with Crippen molar-refractivity contribution in [3.8, 4) is 0 Å². The molecule has 5 N–H and O–H groups in total. The molecule has 5 heteroatoms. The summed E-state index contributed by atoms with van der Waals surface area (Å²) in [6, 6.07) is -0.601. The summed E-state index contributed by atoms with van der Waals surface area (Å²) in [6.07, 6.45) is 3.87. The number of hydrogen-bond acceptors (Lipinski definition) is 3. The highest BCUT2D eigenvalue weighted by Gasteiger charge is 2.18. The van der Waals surface area contributed by atoms with Gasteiger partial charge in [-0.15, -0.1) is 0 Å². The minimum atomic E-state index is -0.601. The normalized spacial score (nSPS) is 11.6. The van der Waals surface area contributed by atoms with Crippen LogP contribution in [-0.2, 0) is 9.59 Å². The van der Waals surface area contributed by atoms with Gasteiger partial charge in [0.1, 0.15) is 6.04 Å². The number of carbonyl (C=O) groups excluding carboxylic acids is 2. The summed E-state index contributed by atoms with van der Waals surface area (Å²) < 4.78 is 0. The van der Waals surface area contributed by atoms with Crippen molar-refractivity contribution in [2.24, 2.45) is 17.4 Å². The first-order valence-corrected chi connectivity index (χ1v) is 7.68. The lowest BCUT2D eigenvalue weighted by atomic mass is 10.0. The van der Waals surface area contributed by atoms with Crippen LogP contribution in [0.2, 0.25) is 0 Å². The molecule has 0 aliphatic heterocycles. The van der Waals surface area contributed by atoms with Crippen LogP contribution in [0.4, 0.5) is 0 Å². The molecule has 0 saturated heterocycles. The lowest BCUT2D eigenvalue weighted by Crippen LogP contribution is -2.47. The number of amides is 2. The molecule has 0 fully saturated rings. The average Bonchev–Trinajstić information content (AvgIpc) is 2.47. The predicted octanol–water partition coefficient (Wildman–Crippen LogP) is 2.84. The Balaban J connectivity index is -0.0000000925. The zero-order valence-electron chi connectivity index (χ0n) is 14.8. The van der Waals surface area contributed by atoms with Gasteiger partial charge in [0, 0.05) is 2.85 Å². The van der Waals surface area contributed by atoms with Crippen molar-refractivity contribution >= 4 is 11.8 Å². The molecule has 130 valence electrons. The molecule has 21 heavy (non-hydrogen) atoms. The zero-order chi connectivity index (χ0) is 17.4. The van der Waals surface area contributed by atoms with Crippen molar-refractivity contribution in [1.82, 2.24) is 5.32 Å². The van der Waals surface area contributed by atoms with E-state index in [4.69, 9.17) is 11.5 Å². The van der Waals surface area contributed by atoms with Crippen LogP contribution in [0, 0.1) is 5.92 Å². The summed E-state index contributed by atoms with van der Waals surface area (Å²) in [5.41, 5.74) is 11.6. The van der Waals surface area contributed by atoms with Crippen molar-refractivity contribution in [2.45, 2.75) is 67.3 Å².